The number of hydrogen-bond acceptors (Lipinski definition) is 2. The van der Waals surface area contributed by atoms with Gasteiger partial charge in [0.25, 0.3) is 0 Å². The second-order valence-corrected chi connectivity index (χ2v) is 4.95. The summed E-state index contributed by atoms with van der Waals surface area (Å²) in [6.07, 6.45) is 4.48. The van der Waals surface area contributed by atoms with Crippen molar-refractivity contribution in [2.75, 3.05) is 0 Å². The highest BCUT2D eigenvalue weighted by Crippen LogP contribution is 2.27. The molecule has 0 aliphatic rings. The standard InChI is InChI=1S/C16H14ClN3/c1-2-14-15(12-6-4-8-18-10-12)20-16(19-14)11-5-3-7-13(17)9-11/h3-10H,2H2,1H3,(H,19,20). The average molecular weight is 284 g/mol. The largest absolute Gasteiger partial charge is 0.341 e. The number of aromatic nitrogens is 3. The SMILES string of the molecule is CCc1[nH]c(-c2cccc(Cl)c2)nc1-c1cccnc1. The van der Waals surface area contributed by atoms with Crippen LogP contribution in [0, 0.1) is 0 Å². The van der Waals surface area contributed by atoms with Crippen molar-refractivity contribution in [2.24, 2.45) is 0 Å². The third kappa shape index (κ3) is 2.45. The van der Waals surface area contributed by atoms with Crippen molar-refractivity contribution in [1.82, 2.24) is 15.0 Å². The van der Waals surface area contributed by atoms with E-state index >= 15 is 0 Å². The monoisotopic (exact) mass is 283 g/mol. The number of imidazole rings is 1. The molecule has 0 atom stereocenters. The normalized spacial score (nSPS) is 10.7. The maximum atomic E-state index is 6.04. The van der Waals surface area contributed by atoms with E-state index in [1.807, 2.05) is 42.6 Å². The van der Waals surface area contributed by atoms with Gasteiger partial charge in [0.05, 0.1) is 5.69 Å². The van der Waals surface area contributed by atoms with Gasteiger partial charge in [-0.3, -0.25) is 4.98 Å². The number of H-pyrrole nitrogens is 1. The molecular weight excluding hydrogens is 270 g/mol. The minimum Gasteiger partial charge on any atom is -0.341 e. The van der Waals surface area contributed by atoms with Crippen LogP contribution in [0.4, 0.5) is 0 Å². The Balaban J connectivity index is 2.10. The summed E-state index contributed by atoms with van der Waals surface area (Å²) >= 11 is 6.04. The molecule has 1 N–H and O–H groups in total. The van der Waals surface area contributed by atoms with E-state index in [4.69, 9.17) is 16.6 Å². The van der Waals surface area contributed by atoms with Crippen LogP contribution >= 0.6 is 11.6 Å². The fraction of sp³-hybridized carbons (Fsp3) is 0.125. The van der Waals surface area contributed by atoms with Gasteiger partial charge in [-0.25, -0.2) is 4.98 Å². The van der Waals surface area contributed by atoms with Gasteiger partial charge in [0.2, 0.25) is 0 Å². The van der Waals surface area contributed by atoms with E-state index in [2.05, 4.69) is 16.9 Å². The molecule has 0 fully saturated rings. The van der Waals surface area contributed by atoms with E-state index < -0.39 is 0 Å². The summed E-state index contributed by atoms with van der Waals surface area (Å²) in [5.41, 5.74) is 4.07. The second kappa shape index (κ2) is 5.47. The number of aromatic amines is 1. The van der Waals surface area contributed by atoms with Crippen LogP contribution in [0.15, 0.2) is 48.8 Å². The van der Waals surface area contributed by atoms with Crippen molar-refractivity contribution in [3.05, 3.63) is 59.5 Å². The highest BCUT2D eigenvalue weighted by atomic mass is 35.5. The van der Waals surface area contributed by atoms with Crippen molar-refractivity contribution >= 4 is 11.6 Å². The van der Waals surface area contributed by atoms with E-state index in [0.717, 1.165) is 34.8 Å². The molecule has 0 aliphatic carbocycles. The zero-order valence-electron chi connectivity index (χ0n) is 11.1. The highest BCUT2D eigenvalue weighted by molar-refractivity contribution is 6.30. The molecule has 2 aromatic heterocycles. The number of halogens is 1. The van der Waals surface area contributed by atoms with Crippen LogP contribution in [-0.2, 0) is 6.42 Å². The lowest BCUT2D eigenvalue weighted by Crippen LogP contribution is -1.86. The molecule has 3 rings (SSSR count). The first-order valence-electron chi connectivity index (χ1n) is 6.53. The van der Waals surface area contributed by atoms with E-state index in [1.54, 1.807) is 6.20 Å². The van der Waals surface area contributed by atoms with E-state index in [1.165, 1.54) is 0 Å². The Morgan fingerprint density at radius 1 is 1.15 bits per heavy atom. The molecule has 0 bridgehead atoms. The van der Waals surface area contributed by atoms with Crippen LogP contribution in [0.1, 0.15) is 12.6 Å². The summed E-state index contributed by atoms with van der Waals surface area (Å²) < 4.78 is 0. The van der Waals surface area contributed by atoms with Crippen LogP contribution in [0.3, 0.4) is 0 Å². The minimum atomic E-state index is 0.708. The van der Waals surface area contributed by atoms with Crippen molar-refractivity contribution in [1.29, 1.82) is 0 Å². The summed E-state index contributed by atoms with van der Waals surface area (Å²) in [6, 6.07) is 11.6. The summed E-state index contributed by atoms with van der Waals surface area (Å²) in [5.74, 6) is 0.836. The predicted molar refractivity (Wildman–Crippen MR) is 81.6 cm³/mol. The Labute approximate surface area is 122 Å². The lowest BCUT2D eigenvalue weighted by molar-refractivity contribution is 1.07. The van der Waals surface area contributed by atoms with Crippen LogP contribution in [0.5, 0.6) is 0 Å². The molecule has 3 nitrogen and oxygen atoms in total. The first-order valence-corrected chi connectivity index (χ1v) is 6.91. The Hall–Kier alpha value is -2.13. The molecule has 0 radical (unpaired) electrons. The molecule has 0 amide bonds. The zero-order valence-corrected chi connectivity index (χ0v) is 11.9. The first-order chi connectivity index (χ1) is 9.78. The Morgan fingerprint density at radius 2 is 2.00 bits per heavy atom. The third-order valence-corrected chi connectivity index (χ3v) is 3.40. The summed E-state index contributed by atoms with van der Waals surface area (Å²) in [7, 11) is 0. The van der Waals surface area contributed by atoms with Gasteiger partial charge in [-0.2, -0.15) is 0 Å². The second-order valence-electron chi connectivity index (χ2n) is 4.52. The van der Waals surface area contributed by atoms with E-state index in [0.29, 0.717) is 5.02 Å². The number of nitrogens with zero attached hydrogens (tertiary/aromatic N) is 2. The fourth-order valence-corrected chi connectivity index (χ4v) is 2.37. The van der Waals surface area contributed by atoms with Gasteiger partial charge < -0.3 is 4.98 Å². The molecule has 0 spiro atoms. The van der Waals surface area contributed by atoms with Crippen molar-refractivity contribution < 1.29 is 0 Å². The summed E-state index contributed by atoms with van der Waals surface area (Å²) in [4.78, 5) is 12.2. The van der Waals surface area contributed by atoms with Crippen molar-refractivity contribution in [3.63, 3.8) is 0 Å². The Kier molecular flexibility index (Phi) is 3.52. The quantitative estimate of drug-likeness (QED) is 0.776. The molecule has 2 heterocycles. The average Bonchev–Trinajstić information content (AvgIpc) is 2.92. The zero-order chi connectivity index (χ0) is 13.9. The van der Waals surface area contributed by atoms with Gasteiger partial charge in [-0.15, -0.1) is 0 Å². The van der Waals surface area contributed by atoms with Gasteiger partial charge in [-0.05, 0) is 30.7 Å². The highest BCUT2D eigenvalue weighted by Gasteiger charge is 2.12. The molecule has 1 aromatic carbocycles. The number of rotatable bonds is 3. The van der Waals surface area contributed by atoms with Crippen LogP contribution in [0.2, 0.25) is 5.02 Å². The third-order valence-electron chi connectivity index (χ3n) is 3.17. The molecule has 4 heteroatoms. The van der Waals surface area contributed by atoms with E-state index in [9.17, 15) is 0 Å². The number of benzene rings is 1. The lowest BCUT2D eigenvalue weighted by Gasteiger charge is -1.98. The summed E-state index contributed by atoms with van der Waals surface area (Å²) in [6.45, 7) is 2.11. The summed E-state index contributed by atoms with van der Waals surface area (Å²) in [5, 5.41) is 0.708. The molecular formula is C16H14ClN3. The van der Waals surface area contributed by atoms with Crippen molar-refractivity contribution in [2.45, 2.75) is 13.3 Å². The number of nitrogens with one attached hydrogen (secondary N) is 1. The van der Waals surface area contributed by atoms with Gasteiger partial charge >= 0.3 is 0 Å². The first kappa shape index (κ1) is 12.9. The maximum absolute atomic E-state index is 6.04. The van der Waals surface area contributed by atoms with Gasteiger partial charge in [0.1, 0.15) is 5.82 Å². The fourth-order valence-electron chi connectivity index (χ4n) is 2.18. The van der Waals surface area contributed by atoms with Crippen LogP contribution < -0.4 is 0 Å². The molecule has 0 unspecified atom stereocenters. The Bertz CT molecular complexity index is 720. The van der Waals surface area contributed by atoms with Gasteiger partial charge in [0, 0.05) is 34.2 Å². The molecule has 0 saturated carbocycles. The number of pyridine rings is 1. The lowest BCUT2D eigenvalue weighted by atomic mass is 10.1. The minimum absolute atomic E-state index is 0.708. The topological polar surface area (TPSA) is 41.6 Å². The molecule has 20 heavy (non-hydrogen) atoms. The maximum Gasteiger partial charge on any atom is 0.138 e. The van der Waals surface area contributed by atoms with Crippen molar-refractivity contribution in [3.8, 4) is 22.6 Å². The van der Waals surface area contributed by atoms with E-state index in [-0.39, 0.29) is 0 Å². The van der Waals surface area contributed by atoms with Crippen LogP contribution in [-0.4, -0.2) is 15.0 Å². The van der Waals surface area contributed by atoms with Crippen LogP contribution in [0.25, 0.3) is 22.6 Å². The number of aryl methyl sites for hydroxylation is 1. The molecule has 0 aliphatic heterocycles. The molecule has 3 aromatic rings. The Morgan fingerprint density at radius 3 is 2.70 bits per heavy atom. The smallest absolute Gasteiger partial charge is 0.138 e. The molecule has 100 valence electrons. The number of hydrogen-bond donors (Lipinski definition) is 1. The predicted octanol–water partition coefficient (Wildman–Crippen LogP) is 4.35. The van der Waals surface area contributed by atoms with Gasteiger partial charge in [-0.1, -0.05) is 30.7 Å². The molecule has 0 saturated heterocycles. The van der Waals surface area contributed by atoms with Gasteiger partial charge in [0.15, 0.2) is 0 Å².